The normalized spacial score (nSPS) is 14.4. The maximum absolute atomic E-state index is 5.46. The molecule has 12 rings (SSSR count). The van der Waals surface area contributed by atoms with Crippen molar-refractivity contribution in [1.29, 1.82) is 0 Å². The van der Waals surface area contributed by atoms with E-state index in [0.717, 1.165) is 22.8 Å². The highest BCUT2D eigenvalue weighted by molar-refractivity contribution is 7.27. The number of aliphatic imine (C=N–C) groups is 1. The van der Waals surface area contributed by atoms with Crippen LogP contribution in [0.2, 0.25) is 0 Å². The smallest absolute Gasteiger partial charge is 0.134 e. The summed E-state index contributed by atoms with van der Waals surface area (Å²) in [6.45, 7) is 0. The zero-order valence-corrected chi connectivity index (χ0v) is 29.9. The van der Waals surface area contributed by atoms with Crippen LogP contribution in [0.4, 0.5) is 5.69 Å². The summed E-state index contributed by atoms with van der Waals surface area (Å²) in [4.78, 5) is 5.46. The van der Waals surface area contributed by atoms with Gasteiger partial charge in [0.25, 0.3) is 0 Å². The van der Waals surface area contributed by atoms with E-state index in [1.54, 1.807) is 0 Å². The second-order valence-electron chi connectivity index (χ2n) is 14.3. The van der Waals surface area contributed by atoms with Gasteiger partial charge in [-0.1, -0.05) is 140 Å². The third-order valence-corrected chi connectivity index (χ3v) is 12.6. The Labute approximate surface area is 315 Å². The average Bonchev–Trinajstić information content (AvgIpc) is 3.81. The summed E-state index contributed by atoms with van der Waals surface area (Å²) in [5, 5.41) is 16.6. The Hall–Kier alpha value is -6.75. The van der Waals surface area contributed by atoms with Crippen molar-refractivity contribution in [2.24, 2.45) is 4.99 Å². The van der Waals surface area contributed by atoms with Gasteiger partial charge in [0.2, 0.25) is 0 Å². The zero-order valence-electron chi connectivity index (χ0n) is 29.1. The number of thiophene rings is 1. The van der Waals surface area contributed by atoms with E-state index in [1.165, 1.54) is 85.4 Å². The lowest BCUT2D eigenvalue weighted by Crippen LogP contribution is -2.33. The van der Waals surface area contributed by atoms with Crippen LogP contribution in [0.1, 0.15) is 22.7 Å². The highest BCUT2D eigenvalue weighted by Crippen LogP contribution is 2.48. The molecule has 1 N–H and O–H groups in total. The molecule has 0 spiro atoms. The van der Waals surface area contributed by atoms with Gasteiger partial charge in [0, 0.05) is 48.4 Å². The highest BCUT2D eigenvalue weighted by atomic mass is 32.1. The number of nitrogens with zero attached hydrogens (tertiary/aromatic N) is 2. The molecule has 11 aromatic rings. The van der Waals surface area contributed by atoms with Crippen LogP contribution in [-0.2, 0) is 0 Å². The van der Waals surface area contributed by atoms with Crippen LogP contribution < -0.4 is 5.32 Å². The van der Waals surface area contributed by atoms with Crippen molar-refractivity contribution in [3.8, 4) is 5.69 Å². The van der Waals surface area contributed by atoms with Crippen LogP contribution in [-0.4, -0.2) is 10.4 Å². The number of para-hydroxylation sites is 1. The molecule has 0 amide bonds. The average molecular weight is 706 g/mol. The number of benzene rings is 9. The molecular formula is C50H31N3S. The zero-order chi connectivity index (χ0) is 35.3. The minimum absolute atomic E-state index is 0.0604. The van der Waals surface area contributed by atoms with Crippen LogP contribution >= 0.6 is 11.3 Å². The molecule has 2 aromatic heterocycles. The van der Waals surface area contributed by atoms with E-state index >= 15 is 0 Å². The Kier molecular flexibility index (Phi) is 6.27. The lowest BCUT2D eigenvalue weighted by Gasteiger charge is -2.30. The fourth-order valence-electron chi connectivity index (χ4n) is 9.12. The van der Waals surface area contributed by atoms with E-state index in [4.69, 9.17) is 4.99 Å². The Morgan fingerprint density at radius 3 is 1.81 bits per heavy atom. The summed E-state index contributed by atoms with van der Waals surface area (Å²) in [5.41, 5.74) is 8.14. The lowest BCUT2D eigenvalue weighted by atomic mass is 9.87. The van der Waals surface area contributed by atoms with Gasteiger partial charge in [0.1, 0.15) is 5.84 Å². The first-order valence-electron chi connectivity index (χ1n) is 18.5. The summed E-state index contributed by atoms with van der Waals surface area (Å²) >= 11 is 1.90. The van der Waals surface area contributed by atoms with Crippen LogP contribution in [0.3, 0.4) is 0 Å². The molecule has 54 heavy (non-hydrogen) atoms. The number of hydrogen-bond donors (Lipinski definition) is 1. The first kappa shape index (κ1) is 29.8. The fraction of sp³-hybridized carbons (Fsp3) is 0.0200. The Balaban J connectivity index is 1.10. The minimum atomic E-state index is -0.0604. The van der Waals surface area contributed by atoms with Crippen molar-refractivity contribution in [2.75, 3.05) is 0 Å². The van der Waals surface area contributed by atoms with Crippen LogP contribution in [0.25, 0.3) is 80.0 Å². The van der Waals surface area contributed by atoms with E-state index in [9.17, 15) is 0 Å². The molecule has 1 atom stereocenters. The Morgan fingerprint density at radius 2 is 1.06 bits per heavy atom. The number of nitrogens with one attached hydrogen (secondary N) is 1. The number of aromatic nitrogens is 1. The summed E-state index contributed by atoms with van der Waals surface area (Å²) in [5.74, 6) is 0.878. The SMILES string of the molecule is c1ccc(C2NC(c3ccc(-n4c5ccccc5c5c6ccccc6c6c7ccccc7sc6c54)cc3)=Nc3c2c2ccccc2c2ccccc32)cc1. The molecule has 0 aliphatic carbocycles. The molecular weight excluding hydrogens is 675 g/mol. The molecule has 3 nitrogen and oxygen atoms in total. The minimum Gasteiger partial charge on any atom is -0.359 e. The maximum atomic E-state index is 5.46. The molecule has 4 heteroatoms. The van der Waals surface area contributed by atoms with Crippen LogP contribution in [0.5, 0.6) is 0 Å². The van der Waals surface area contributed by atoms with Gasteiger partial charge in [-0.05, 0) is 68.9 Å². The first-order chi connectivity index (χ1) is 26.8. The van der Waals surface area contributed by atoms with Gasteiger partial charge in [-0.15, -0.1) is 11.3 Å². The molecule has 0 saturated carbocycles. The largest absolute Gasteiger partial charge is 0.359 e. The van der Waals surface area contributed by atoms with Crippen molar-refractivity contribution >= 4 is 97.2 Å². The monoisotopic (exact) mass is 705 g/mol. The molecule has 252 valence electrons. The third-order valence-electron chi connectivity index (χ3n) is 11.4. The Morgan fingerprint density at radius 1 is 0.481 bits per heavy atom. The maximum Gasteiger partial charge on any atom is 0.134 e. The van der Waals surface area contributed by atoms with Gasteiger partial charge < -0.3 is 9.88 Å². The van der Waals surface area contributed by atoms with Crippen molar-refractivity contribution in [1.82, 2.24) is 9.88 Å². The van der Waals surface area contributed by atoms with Gasteiger partial charge in [-0.3, -0.25) is 0 Å². The number of rotatable bonds is 3. The van der Waals surface area contributed by atoms with Crippen molar-refractivity contribution in [3.63, 3.8) is 0 Å². The van der Waals surface area contributed by atoms with E-state index in [0.29, 0.717) is 0 Å². The molecule has 0 fully saturated rings. The molecule has 3 heterocycles. The van der Waals surface area contributed by atoms with Gasteiger partial charge in [-0.2, -0.15) is 0 Å². The van der Waals surface area contributed by atoms with Crippen molar-refractivity contribution < 1.29 is 0 Å². The van der Waals surface area contributed by atoms with Gasteiger partial charge in [-0.25, -0.2) is 4.99 Å². The van der Waals surface area contributed by atoms with E-state index in [2.05, 4.69) is 186 Å². The van der Waals surface area contributed by atoms with Gasteiger partial charge >= 0.3 is 0 Å². The molecule has 9 aromatic carbocycles. The van der Waals surface area contributed by atoms with Crippen molar-refractivity contribution in [2.45, 2.75) is 6.04 Å². The van der Waals surface area contributed by atoms with Crippen molar-refractivity contribution in [3.05, 3.63) is 193 Å². The first-order valence-corrected chi connectivity index (χ1v) is 19.3. The molecule has 0 saturated heterocycles. The summed E-state index contributed by atoms with van der Waals surface area (Å²) in [7, 11) is 0. The second kappa shape index (κ2) is 11.4. The predicted molar refractivity (Wildman–Crippen MR) is 230 cm³/mol. The van der Waals surface area contributed by atoms with E-state index in [1.807, 2.05) is 11.3 Å². The van der Waals surface area contributed by atoms with E-state index in [-0.39, 0.29) is 6.04 Å². The molecule has 1 aliphatic rings. The number of hydrogen-bond acceptors (Lipinski definition) is 3. The van der Waals surface area contributed by atoms with Gasteiger partial charge in [0.05, 0.1) is 27.5 Å². The Bertz CT molecular complexity index is 3350. The molecule has 1 aliphatic heterocycles. The van der Waals surface area contributed by atoms with Gasteiger partial charge in [0.15, 0.2) is 0 Å². The molecule has 0 bridgehead atoms. The summed E-state index contributed by atoms with van der Waals surface area (Å²) < 4.78 is 5.12. The second-order valence-corrected chi connectivity index (χ2v) is 15.3. The standard InChI is InChI=1S/C50H31N3S/c1-2-14-30(15-3-1)46-45-35-18-6-4-16-33(35)34-17-5-9-21-38(34)47(45)52-50(51-46)31-26-28-32(29-27-31)53-41-24-12-10-22-39(41)43-36-19-7-8-20-37(36)44-40-23-11-13-25-42(40)54-49(44)48(43)53/h1-29,46H,(H,51,52). The third kappa shape index (κ3) is 4.14. The fourth-order valence-corrected chi connectivity index (χ4v) is 10.4. The van der Waals surface area contributed by atoms with Crippen LogP contribution in [0.15, 0.2) is 181 Å². The summed E-state index contributed by atoms with van der Waals surface area (Å²) in [6, 6.07) is 63.9. The molecule has 1 unspecified atom stereocenters. The summed E-state index contributed by atoms with van der Waals surface area (Å²) in [6.07, 6.45) is 0. The lowest BCUT2D eigenvalue weighted by molar-refractivity contribution is 0.757. The highest BCUT2D eigenvalue weighted by Gasteiger charge is 2.29. The molecule has 0 radical (unpaired) electrons. The topological polar surface area (TPSA) is 29.3 Å². The quantitative estimate of drug-likeness (QED) is 0.182. The van der Waals surface area contributed by atoms with E-state index < -0.39 is 0 Å². The number of amidine groups is 1. The van der Waals surface area contributed by atoms with Crippen LogP contribution in [0, 0.1) is 0 Å². The number of fused-ring (bicyclic) bond motifs is 16. The predicted octanol–water partition coefficient (Wildman–Crippen LogP) is 13.4.